The summed E-state index contributed by atoms with van der Waals surface area (Å²) in [4.78, 5) is 10.5. The van der Waals surface area contributed by atoms with Gasteiger partial charge in [0.05, 0.1) is 0 Å². The first-order chi connectivity index (χ1) is 6.43. The molecule has 1 unspecified atom stereocenters. The molecule has 0 aliphatic rings. The van der Waals surface area contributed by atoms with Crippen molar-refractivity contribution in [1.29, 1.82) is 0 Å². The van der Waals surface area contributed by atoms with Crippen LogP contribution >= 0.6 is 0 Å². The molecule has 76 valence electrons. The van der Waals surface area contributed by atoms with Crippen LogP contribution in [-0.4, -0.2) is 11.1 Å². The Hall–Kier alpha value is -1.49. The molecule has 0 amide bonds. The van der Waals surface area contributed by atoms with E-state index in [0.717, 1.165) is 6.07 Å². The van der Waals surface area contributed by atoms with Crippen molar-refractivity contribution in [3.8, 4) is 0 Å². The Kier molecular flexibility index (Phi) is 2.81. The summed E-state index contributed by atoms with van der Waals surface area (Å²) in [6, 6.07) is 0.661. The van der Waals surface area contributed by atoms with E-state index in [1.54, 1.807) is 0 Å². The number of benzene rings is 1. The molecule has 3 nitrogen and oxygen atoms in total. The van der Waals surface area contributed by atoms with E-state index >= 15 is 0 Å². The molecular weight excluding hydrogens is 192 g/mol. The van der Waals surface area contributed by atoms with Gasteiger partial charge in [0, 0.05) is 5.56 Å². The highest BCUT2D eigenvalue weighted by Crippen LogP contribution is 2.19. The van der Waals surface area contributed by atoms with Crippen molar-refractivity contribution in [3.63, 3.8) is 0 Å². The average molecular weight is 201 g/mol. The second-order valence-electron chi connectivity index (χ2n) is 2.97. The molecule has 5 heteroatoms. The number of nitrogens with two attached hydrogens (primary N) is 1. The first kappa shape index (κ1) is 10.6. The fraction of sp³-hybridized carbons (Fsp3) is 0.222. The Balaban J connectivity index is 3.26. The predicted molar refractivity (Wildman–Crippen MR) is 45.7 cm³/mol. The van der Waals surface area contributed by atoms with Crippen LogP contribution in [0.25, 0.3) is 0 Å². The molecule has 1 aromatic carbocycles. The summed E-state index contributed by atoms with van der Waals surface area (Å²) in [7, 11) is 0. The van der Waals surface area contributed by atoms with Crippen LogP contribution in [0.1, 0.15) is 17.2 Å². The van der Waals surface area contributed by atoms with Crippen molar-refractivity contribution in [2.24, 2.45) is 5.73 Å². The van der Waals surface area contributed by atoms with Crippen LogP contribution in [0.15, 0.2) is 12.1 Å². The Labute approximate surface area is 79.2 Å². The second kappa shape index (κ2) is 3.71. The topological polar surface area (TPSA) is 63.3 Å². The van der Waals surface area contributed by atoms with Gasteiger partial charge in [-0.15, -0.1) is 0 Å². The third-order valence-corrected chi connectivity index (χ3v) is 1.80. The molecule has 0 bridgehead atoms. The maximum absolute atomic E-state index is 13.1. The number of hydrogen-bond acceptors (Lipinski definition) is 2. The summed E-state index contributed by atoms with van der Waals surface area (Å²) >= 11 is 0. The molecule has 0 aromatic heterocycles. The summed E-state index contributed by atoms with van der Waals surface area (Å²) in [5.74, 6) is -3.68. The summed E-state index contributed by atoms with van der Waals surface area (Å²) in [5.41, 5.74) is 5.26. The molecule has 1 aromatic rings. The van der Waals surface area contributed by atoms with Gasteiger partial charge in [0.25, 0.3) is 0 Å². The van der Waals surface area contributed by atoms with Crippen LogP contribution in [0, 0.1) is 18.6 Å². The first-order valence-corrected chi connectivity index (χ1v) is 3.87. The Morgan fingerprint density at radius 1 is 1.50 bits per heavy atom. The number of hydrogen-bond donors (Lipinski definition) is 2. The minimum absolute atomic E-state index is 0.338. The third-order valence-electron chi connectivity index (χ3n) is 1.80. The molecule has 0 spiro atoms. The molecule has 1 rings (SSSR count). The van der Waals surface area contributed by atoms with E-state index in [0.29, 0.717) is 5.56 Å². The quantitative estimate of drug-likeness (QED) is 0.759. The van der Waals surface area contributed by atoms with Crippen LogP contribution in [0.5, 0.6) is 0 Å². The molecule has 3 N–H and O–H groups in total. The van der Waals surface area contributed by atoms with Crippen LogP contribution in [0.2, 0.25) is 0 Å². The lowest BCUT2D eigenvalue weighted by Gasteiger charge is -2.09. The molecule has 0 heterocycles. The van der Waals surface area contributed by atoms with Crippen LogP contribution < -0.4 is 5.73 Å². The molecular formula is C9H9F2NO2. The van der Waals surface area contributed by atoms with E-state index < -0.39 is 23.6 Å². The van der Waals surface area contributed by atoms with Crippen molar-refractivity contribution in [2.75, 3.05) is 0 Å². The third kappa shape index (κ3) is 1.88. The van der Waals surface area contributed by atoms with Crippen LogP contribution in [-0.2, 0) is 4.79 Å². The standard InChI is InChI=1S/C9H9F2NO2/c1-4-2-5(8(12)9(13)14)7(11)6(10)3-4/h2-3,8H,12H2,1H3,(H,13,14). The maximum atomic E-state index is 13.1. The van der Waals surface area contributed by atoms with Crippen molar-refractivity contribution in [1.82, 2.24) is 0 Å². The Bertz CT molecular complexity index is 379. The van der Waals surface area contributed by atoms with Gasteiger partial charge in [-0.05, 0) is 18.6 Å². The van der Waals surface area contributed by atoms with Gasteiger partial charge >= 0.3 is 5.97 Å². The number of carboxylic acid groups (broad SMARTS) is 1. The predicted octanol–water partition coefficient (Wildman–Crippen LogP) is 1.36. The van der Waals surface area contributed by atoms with Gasteiger partial charge in [-0.25, -0.2) is 8.78 Å². The lowest BCUT2D eigenvalue weighted by atomic mass is 10.0. The van der Waals surface area contributed by atoms with Gasteiger partial charge in [-0.1, -0.05) is 6.07 Å². The lowest BCUT2D eigenvalue weighted by Crippen LogP contribution is -2.22. The number of halogens is 2. The second-order valence-corrected chi connectivity index (χ2v) is 2.97. The van der Waals surface area contributed by atoms with Crippen molar-refractivity contribution >= 4 is 5.97 Å². The molecule has 0 saturated carbocycles. The van der Waals surface area contributed by atoms with Crippen molar-refractivity contribution in [3.05, 3.63) is 34.9 Å². The maximum Gasteiger partial charge on any atom is 0.325 e. The largest absolute Gasteiger partial charge is 0.480 e. The lowest BCUT2D eigenvalue weighted by molar-refractivity contribution is -0.138. The molecule has 0 aliphatic carbocycles. The average Bonchev–Trinajstić information content (AvgIpc) is 2.09. The fourth-order valence-electron chi connectivity index (χ4n) is 1.11. The molecule has 0 radical (unpaired) electrons. The zero-order valence-electron chi connectivity index (χ0n) is 7.42. The smallest absolute Gasteiger partial charge is 0.325 e. The number of carbonyl (C=O) groups is 1. The molecule has 0 fully saturated rings. The fourth-order valence-corrected chi connectivity index (χ4v) is 1.11. The zero-order valence-corrected chi connectivity index (χ0v) is 7.42. The van der Waals surface area contributed by atoms with Crippen molar-refractivity contribution < 1.29 is 18.7 Å². The van der Waals surface area contributed by atoms with E-state index in [4.69, 9.17) is 10.8 Å². The molecule has 0 saturated heterocycles. The van der Waals surface area contributed by atoms with E-state index in [-0.39, 0.29) is 5.56 Å². The van der Waals surface area contributed by atoms with E-state index in [1.165, 1.54) is 13.0 Å². The zero-order chi connectivity index (χ0) is 10.9. The first-order valence-electron chi connectivity index (χ1n) is 3.87. The Morgan fingerprint density at radius 2 is 2.07 bits per heavy atom. The van der Waals surface area contributed by atoms with Crippen LogP contribution in [0.4, 0.5) is 8.78 Å². The number of aryl methyl sites for hydroxylation is 1. The van der Waals surface area contributed by atoms with Crippen LogP contribution in [0.3, 0.4) is 0 Å². The monoisotopic (exact) mass is 201 g/mol. The summed E-state index contributed by atoms with van der Waals surface area (Å²) < 4.78 is 25.9. The normalized spacial score (nSPS) is 12.6. The molecule has 1 atom stereocenters. The van der Waals surface area contributed by atoms with Crippen molar-refractivity contribution in [2.45, 2.75) is 13.0 Å². The van der Waals surface area contributed by atoms with E-state index in [1.807, 2.05) is 0 Å². The van der Waals surface area contributed by atoms with E-state index in [9.17, 15) is 13.6 Å². The van der Waals surface area contributed by atoms with Gasteiger partial charge in [0.1, 0.15) is 6.04 Å². The van der Waals surface area contributed by atoms with Gasteiger partial charge in [-0.3, -0.25) is 4.79 Å². The minimum atomic E-state index is -1.54. The molecule has 0 aliphatic heterocycles. The highest BCUT2D eigenvalue weighted by molar-refractivity contribution is 5.75. The number of aliphatic carboxylic acids is 1. The highest BCUT2D eigenvalue weighted by atomic mass is 19.2. The number of carboxylic acids is 1. The highest BCUT2D eigenvalue weighted by Gasteiger charge is 2.21. The SMILES string of the molecule is Cc1cc(F)c(F)c(C(N)C(=O)O)c1. The number of rotatable bonds is 2. The van der Waals surface area contributed by atoms with Gasteiger partial charge in [0.2, 0.25) is 0 Å². The minimum Gasteiger partial charge on any atom is -0.480 e. The summed E-state index contributed by atoms with van der Waals surface area (Å²) in [6.45, 7) is 1.53. The summed E-state index contributed by atoms with van der Waals surface area (Å²) in [5, 5.41) is 8.53. The van der Waals surface area contributed by atoms with Gasteiger partial charge in [-0.2, -0.15) is 0 Å². The van der Waals surface area contributed by atoms with E-state index in [2.05, 4.69) is 0 Å². The molecule has 14 heavy (non-hydrogen) atoms. The van der Waals surface area contributed by atoms with Gasteiger partial charge < -0.3 is 10.8 Å². The van der Waals surface area contributed by atoms with Gasteiger partial charge in [0.15, 0.2) is 11.6 Å². The summed E-state index contributed by atoms with van der Waals surface area (Å²) in [6.07, 6.45) is 0. The Morgan fingerprint density at radius 3 is 2.57 bits per heavy atom.